The molecule has 0 N–H and O–H groups in total. The Morgan fingerprint density at radius 1 is 0.969 bits per heavy atom. The first kappa shape index (κ1) is 21.4. The zero-order chi connectivity index (χ0) is 21.8. The summed E-state index contributed by atoms with van der Waals surface area (Å²) in [4.78, 5) is 18.5. The number of morpholine rings is 1. The molecule has 0 unspecified atom stereocenters. The van der Waals surface area contributed by atoms with Crippen LogP contribution in [0.2, 0.25) is 0 Å². The van der Waals surface area contributed by atoms with Gasteiger partial charge in [-0.15, -0.1) is 23.7 Å². The van der Waals surface area contributed by atoms with Crippen LogP contribution >= 0.6 is 11.3 Å². The van der Waals surface area contributed by atoms with E-state index < -0.39 is 0 Å². The number of anilines is 1. The molecule has 0 spiro atoms. The first-order chi connectivity index (χ1) is 15.8. The minimum Gasteiger partial charge on any atom is -0.379 e. The van der Waals surface area contributed by atoms with Crippen LogP contribution in [0.1, 0.15) is 12.2 Å². The zero-order valence-electron chi connectivity index (χ0n) is 18.4. The molecule has 0 amide bonds. The van der Waals surface area contributed by atoms with E-state index in [4.69, 9.17) is 21.1 Å². The van der Waals surface area contributed by atoms with E-state index in [1.807, 2.05) is 0 Å². The van der Waals surface area contributed by atoms with Gasteiger partial charge in [-0.25, -0.2) is 9.97 Å². The van der Waals surface area contributed by atoms with Gasteiger partial charge in [0.25, 0.3) is 0 Å². The largest absolute Gasteiger partial charge is 0.379 e. The van der Waals surface area contributed by atoms with Crippen LogP contribution in [0.5, 0.6) is 0 Å². The Balaban J connectivity index is 1.49. The number of rotatable bonds is 6. The van der Waals surface area contributed by atoms with Crippen LogP contribution in [0.3, 0.4) is 0 Å². The average Bonchev–Trinajstić information content (AvgIpc) is 3.28. The smallest absolute Gasteiger partial charge is 0.146 e. The Labute approximate surface area is 193 Å². The van der Waals surface area contributed by atoms with Crippen molar-refractivity contribution in [2.75, 3.05) is 63.9 Å². The molecule has 2 fully saturated rings. The molecular formula is C25H29N5OS. The summed E-state index contributed by atoms with van der Waals surface area (Å²) in [6, 6.07) is 10.6. The molecule has 6 nitrogen and oxygen atoms in total. The van der Waals surface area contributed by atoms with Gasteiger partial charge in [0.05, 0.1) is 25.1 Å². The number of fused-ring (bicyclic) bond motifs is 1. The van der Waals surface area contributed by atoms with Crippen molar-refractivity contribution in [1.82, 2.24) is 19.8 Å². The molecule has 0 bridgehead atoms. The standard InChI is InChI=1S/C25H29N5OS/c1-2-3-9-28-10-12-30(13-11-28)24-23-21(20-7-5-4-6-8-20)19-32-25(23)27-22(26-24)18-29-14-16-31-17-15-29/h1,4-8,19H,3,9-18H2. The number of aromatic nitrogens is 2. The van der Waals surface area contributed by atoms with Gasteiger partial charge < -0.3 is 9.64 Å². The maximum absolute atomic E-state index is 5.51. The lowest BCUT2D eigenvalue weighted by Gasteiger charge is -2.35. The summed E-state index contributed by atoms with van der Waals surface area (Å²) in [6.45, 7) is 9.11. The van der Waals surface area contributed by atoms with Crippen molar-refractivity contribution in [2.45, 2.75) is 13.0 Å². The molecule has 2 saturated heterocycles. The highest BCUT2D eigenvalue weighted by Crippen LogP contribution is 2.38. The summed E-state index contributed by atoms with van der Waals surface area (Å²) in [5.41, 5.74) is 2.45. The fourth-order valence-electron chi connectivity index (χ4n) is 4.46. The summed E-state index contributed by atoms with van der Waals surface area (Å²) in [5.74, 6) is 4.75. The van der Waals surface area contributed by atoms with Gasteiger partial charge in [-0.1, -0.05) is 30.3 Å². The van der Waals surface area contributed by atoms with E-state index in [-0.39, 0.29) is 0 Å². The highest BCUT2D eigenvalue weighted by Gasteiger charge is 2.24. The topological polar surface area (TPSA) is 44.7 Å². The normalized spacial score (nSPS) is 18.2. The van der Waals surface area contributed by atoms with Crippen molar-refractivity contribution in [3.05, 3.63) is 41.5 Å². The lowest BCUT2D eigenvalue weighted by atomic mass is 10.1. The molecule has 2 aliphatic heterocycles. The number of piperazine rings is 1. The summed E-state index contributed by atoms with van der Waals surface area (Å²) in [5, 5.41) is 3.42. The Kier molecular flexibility index (Phi) is 6.65. The van der Waals surface area contributed by atoms with Crippen LogP contribution in [-0.2, 0) is 11.3 Å². The van der Waals surface area contributed by atoms with E-state index in [1.165, 1.54) is 16.5 Å². The molecule has 2 aromatic heterocycles. The van der Waals surface area contributed by atoms with E-state index in [0.717, 1.165) is 88.5 Å². The van der Waals surface area contributed by atoms with Crippen molar-refractivity contribution >= 4 is 27.4 Å². The van der Waals surface area contributed by atoms with Crippen LogP contribution in [0.15, 0.2) is 35.7 Å². The molecule has 0 atom stereocenters. The van der Waals surface area contributed by atoms with Gasteiger partial charge in [0.1, 0.15) is 16.5 Å². The van der Waals surface area contributed by atoms with Gasteiger partial charge in [-0.05, 0) is 5.56 Å². The number of hydrogen-bond acceptors (Lipinski definition) is 7. The molecule has 7 heteroatoms. The van der Waals surface area contributed by atoms with Gasteiger partial charge >= 0.3 is 0 Å². The summed E-state index contributed by atoms with van der Waals surface area (Å²) in [6.07, 6.45) is 6.27. The summed E-state index contributed by atoms with van der Waals surface area (Å²) >= 11 is 1.72. The van der Waals surface area contributed by atoms with Crippen molar-refractivity contribution in [1.29, 1.82) is 0 Å². The maximum Gasteiger partial charge on any atom is 0.146 e. The predicted molar refractivity (Wildman–Crippen MR) is 131 cm³/mol. The highest BCUT2D eigenvalue weighted by molar-refractivity contribution is 7.17. The predicted octanol–water partition coefficient (Wildman–Crippen LogP) is 3.34. The molecule has 0 aliphatic carbocycles. The third-order valence-corrected chi connectivity index (χ3v) is 7.13. The second kappa shape index (κ2) is 9.97. The van der Waals surface area contributed by atoms with Gasteiger partial charge in [0, 0.05) is 63.2 Å². The summed E-state index contributed by atoms with van der Waals surface area (Å²) in [7, 11) is 0. The Morgan fingerprint density at radius 2 is 1.75 bits per heavy atom. The zero-order valence-corrected chi connectivity index (χ0v) is 19.2. The van der Waals surface area contributed by atoms with Crippen molar-refractivity contribution in [3.63, 3.8) is 0 Å². The monoisotopic (exact) mass is 447 g/mol. The second-order valence-corrected chi connectivity index (χ2v) is 9.19. The van der Waals surface area contributed by atoms with Crippen LogP contribution in [0, 0.1) is 12.3 Å². The van der Waals surface area contributed by atoms with Gasteiger partial charge in [-0.2, -0.15) is 0 Å². The van der Waals surface area contributed by atoms with E-state index >= 15 is 0 Å². The molecular weight excluding hydrogens is 418 g/mol. The van der Waals surface area contributed by atoms with Crippen LogP contribution in [0.4, 0.5) is 5.82 Å². The van der Waals surface area contributed by atoms with Gasteiger partial charge in [0.15, 0.2) is 0 Å². The molecule has 4 heterocycles. The fraction of sp³-hybridized carbons (Fsp3) is 0.440. The Hall–Kier alpha value is -2.50. The van der Waals surface area contributed by atoms with E-state index in [2.05, 4.69) is 56.3 Å². The minimum atomic E-state index is 0.771. The van der Waals surface area contributed by atoms with Crippen molar-refractivity contribution in [2.24, 2.45) is 0 Å². The Bertz CT molecular complexity index is 1080. The number of thiophene rings is 1. The van der Waals surface area contributed by atoms with Crippen LogP contribution in [-0.4, -0.2) is 78.8 Å². The van der Waals surface area contributed by atoms with E-state index in [0.29, 0.717) is 0 Å². The second-order valence-electron chi connectivity index (χ2n) is 8.33. The molecule has 2 aliphatic rings. The van der Waals surface area contributed by atoms with Gasteiger partial charge in [-0.3, -0.25) is 9.80 Å². The minimum absolute atomic E-state index is 0.771. The highest BCUT2D eigenvalue weighted by atomic mass is 32.1. The molecule has 0 radical (unpaired) electrons. The number of terminal acetylenes is 1. The molecule has 166 valence electrons. The molecule has 32 heavy (non-hydrogen) atoms. The van der Waals surface area contributed by atoms with Gasteiger partial charge in [0.2, 0.25) is 0 Å². The first-order valence-electron chi connectivity index (χ1n) is 11.4. The summed E-state index contributed by atoms with van der Waals surface area (Å²) < 4.78 is 5.51. The average molecular weight is 448 g/mol. The van der Waals surface area contributed by atoms with Crippen molar-refractivity contribution < 1.29 is 4.74 Å². The maximum atomic E-state index is 5.51. The Morgan fingerprint density at radius 3 is 2.50 bits per heavy atom. The first-order valence-corrected chi connectivity index (χ1v) is 12.2. The fourth-order valence-corrected chi connectivity index (χ4v) is 5.42. The molecule has 5 rings (SSSR count). The quantitative estimate of drug-likeness (QED) is 0.540. The molecule has 1 aromatic carbocycles. The van der Waals surface area contributed by atoms with Crippen LogP contribution < -0.4 is 4.90 Å². The molecule has 0 saturated carbocycles. The third kappa shape index (κ3) is 4.64. The van der Waals surface area contributed by atoms with E-state index in [1.54, 1.807) is 11.3 Å². The SMILES string of the molecule is C#CCCN1CCN(c2nc(CN3CCOCC3)nc3scc(-c4ccccc4)c23)CC1. The lowest BCUT2D eigenvalue weighted by Crippen LogP contribution is -2.47. The number of hydrogen-bond donors (Lipinski definition) is 0. The lowest BCUT2D eigenvalue weighted by molar-refractivity contribution is 0.0331. The van der Waals surface area contributed by atoms with Crippen LogP contribution in [0.25, 0.3) is 21.3 Å². The van der Waals surface area contributed by atoms with E-state index in [9.17, 15) is 0 Å². The number of ether oxygens (including phenoxy) is 1. The molecule has 3 aromatic rings. The third-order valence-electron chi connectivity index (χ3n) is 6.26. The number of nitrogens with zero attached hydrogens (tertiary/aromatic N) is 5. The van der Waals surface area contributed by atoms with Crippen molar-refractivity contribution in [3.8, 4) is 23.5 Å². The number of benzene rings is 1.